The molecule has 2 aromatic rings. The molecule has 1 atom stereocenters. The maximum atomic E-state index is 13.1. The first kappa shape index (κ1) is 18.4. The monoisotopic (exact) mass is 344 g/mol. The van der Waals surface area contributed by atoms with Gasteiger partial charge >= 0.3 is 0 Å². The Morgan fingerprint density at radius 3 is 2.52 bits per heavy atom. The lowest BCUT2D eigenvalue weighted by atomic mass is 10.1. The summed E-state index contributed by atoms with van der Waals surface area (Å²) >= 11 is 0. The van der Waals surface area contributed by atoms with Crippen molar-refractivity contribution in [1.29, 1.82) is 0 Å². The number of benzene rings is 2. The molecule has 6 heteroatoms. The Labute approximate surface area is 146 Å². The van der Waals surface area contributed by atoms with Crippen LogP contribution in [-0.2, 0) is 4.79 Å². The minimum absolute atomic E-state index is 0.173. The summed E-state index contributed by atoms with van der Waals surface area (Å²) in [5.74, 6) is -0.553. The normalized spacial score (nSPS) is 11.5. The molecular weight excluding hydrogens is 323 g/mol. The molecule has 0 aliphatic rings. The molecular formula is C19H21FN2O3. The molecule has 0 aliphatic carbocycles. The Bertz CT molecular complexity index is 732. The molecule has 2 N–H and O–H groups in total. The van der Waals surface area contributed by atoms with Gasteiger partial charge in [-0.25, -0.2) is 4.39 Å². The van der Waals surface area contributed by atoms with Crippen LogP contribution in [0.2, 0.25) is 0 Å². The van der Waals surface area contributed by atoms with Crippen LogP contribution in [0.5, 0.6) is 5.75 Å². The fourth-order valence-corrected chi connectivity index (χ4v) is 2.29. The van der Waals surface area contributed by atoms with Crippen LogP contribution >= 0.6 is 0 Å². The van der Waals surface area contributed by atoms with Gasteiger partial charge in [-0.2, -0.15) is 0 Å². The Morgan fingerprint density at radius 2 is 1.88 bits per heavy atom. The molecule has 0 bridgehead atoms. The van der Waals surface area contributed by atoms with Crippen molar-refractivity contribution in [3.8, 4) is 5.75 Å². The van der Waals surface area contributed by atoms with Gasteiger partial charge in [0.15, 0.2) is 0 Å². The quantitative estimate of drug-likeness (QED) is 0.812. The van der Waals surface area contributed by atoms with E-state index in [2.05, 4.69) is 10.6 Å². The summed E-state index contributed by atoms with van der Waals surface area (Å²) in [6, 6.07) is 12.5. The molecule has 0 spiro atoms. The van der Waals surface area contributed by atoms with E-state index in [1.54, 1.807) is 0 Å². The Hall–Kier alpha value is -2.89. The number of ether oxygens (including phenoxy) is 1. The topological polar surface area (TPSA) is 67.4 Å². The highest BCUT2D eigenvalue weighted by Gasteiger charge is 2.12. The summed E-state index contributed by atoms with van der Waals surface area (Å²) in [6.45, 7) is 4.17. The predicted octanol–water partition coefficient (Wildman–Crippen LogP) is 2.83. The number of carbonyl (C=O) groups excluding carboxylic acids is 2. The first-order valence-electron chi connectivity index (χ1n) is 8.05. The van der Waals surface area contributed by atoms with Gasteiger partial charge in [0, 0.05) is 5.56 Å². The Morgan fingerprint density at radius 1 is 1.16 bits per heavy atom. The third-order valence-electron chi connectivity index (χ3n) is 3.56. The van der Waals surface area contributed by atoms with Gasteiger partial charge in [-0.3, -0.25) is 9.59 Å². The Balaban J connectivity index is 1.83. The largest absolute Gasteiger partial charge is 0.494 e. The fraction of sp³-hybridized carbons (Fsp3) is 0.263. The van der Waals surface area contributed by atoms with Gasteiger partial charge in [0.05, 0.1) is 19.2 Å². The van der Waals surface area contributed by atoms with Crippen LogP contribution in [0.1, 0.15) is 35.8 Å². The number of hydrogen-bond donors (Lipinski definition) is 2. The number of amides is 2. The van der Waals surface area contributed by atoms with Gasteiger partial charge in [0.2, 0.25) is 5.91 Å². The first-order valence-corrected chi connectivity index (χ1v) is 8.05. The molecule has 2 aromatic carbocycles. The van der Waals surface area contributed by atoms with Crippen molar-refractivity contribution in [2.24, 2.45) is 0 Å². The molecule has 0 saturated heterocycles. The molecule has 2 amide bonds. The van der Waals surface area contributed by atoms with Gasteiger partial charge in [-0.15, -0.1) is 0 Å². The molecule has 0 unspecified atom stereocenters. The van der Waals surface area contributed by atoms with Crippen LogP contribution < -0.4 is 15.4 Å². The zero-order valence-electron chi connectivity index (χ0n) is 14.2. The van der Waals surface area contributed by atoms with E-state index in [-0.39, 0.29) is 24.1 Å². The Kier molecular flexibility index (Phi) is 6.51. The van der Waals surface area contributed by atoms with Crippen molar-refractivity contribution in [2.45, 2.75) is 19.9 Å². The zero-order valence-corrected chi connectivity index (χ0v) is 14.2. The standard InChI is InChI=1S/C19H21FN2O3/c1-3-25-17-9-7-14(8-10-17)13(2)22-18(23)12-21-19(24)15-5-4-6-16(20)11-15/h4-11,13H,3,12H2,1-2H3,(H,21,24)(H,22,23)/t13-/m1/s1. The molecule has 0 heterocycles. The predicted molar refractivity (Wildman–Crippen MR) is 92.9 cm³/mol. The second-order valence-corrected chi connectivity index (χ2v) is 5.48. The van der Waals surface area contributed by atoms with Crippen LogP contribution in [0.15, 0.2) is 48.5 Å². The van der Waals surface area contributed by atoms with Crippen molar-refractivity contribution >= 4 is 11.8 Å². The average molecular weight is 344 g/mol. The minimum atomic E-state index is -0.499. The smallest absolute Gasteiger partial charge is 0.251 e. The number of nitrogens with one attached hydrogen (secondary N) is 2. The lowest BCUT2D eigenvalue weighted by Crippen LogP contribution is -2.38. The van der Waals surface area contributed by atoms with E-state index in [1.807, 2.05) is 38.1 Å². The summed E-state index contributed by atoms with van der Waals surface area (Å²) in [4.78, 5) is 23.9. The number of hydrogen-bond acceptors (Lipinski definition) is 3. The van der Waals surface area contributed by atoms with Crippen LogP contribution in [0.3, 0.4) is 0 Å². The molecule has 132 valence electrons. The summed E-state index contributed by atoms with van der Waals surface area (Å²) < 4.78 is 18.5. The lowest BCUT2D eigenvalue weighted by Gasteiger charge is -2.15. The van der Waals surface area contributed by atoms with E-state index < -0.39 is 11.7 Å². The van der Waals surface area contributed by atoms with Gasteiger partial charge in [0.25, 0.3) is 5.91 Å². The summed E-state index contributed by atoms with van der Waals surface area (Å²) in [7, 11) is 0. The molecule has 5 nitrogen and oxygen atoms in total. The van der Waals surface area contributed by atoms with Gasteiger partial charge in [-0.05, 0) is 49.7 Å². The first-order chi connectivity index (χ1) is 12.0. The van der Waals surface area contributed by atoms with Crippen molar-refractivity contribution in [3.63, 3.8) is 0 Å². The zero-order chi connectivity index (χ0) is 18.2. The fourth-order valence-electron chi connectivity index (χ4n) is 2.29. The summed E-state index contributed by atoms with van der Waals surface area (Å²) in [6.07, 6.45) is 0. The van der Waals surface area contributed by atoms with Crippen molar-refractivity contribution < 1.29 is 18.7 Å². The van der Waals surface area contributed by atoms with Crippen LogP contribution in [0.25, 0.3) is 0 Å². The van der Waals surface area contributed by atoms with E-state index in [9.17, 15) is 14.0 Å². The number of carbonyl (C=O) groups is 2. The van der Waals surface area contributed by atoms with Crippen molar-refractivity contribution in [1.82, 2.24) is 10.6 Å². The summed E-state index contributed by atoms with van der Waals surface area (Å²) in [5.41, 5.74) is 1.10. The second-order valence-electron chi connectivity index (χ2n) is 5.48. The van der Waals surface area contributed by atoms with E-state index in [1.165, 1.54) is 18.2 Å². The number of halogens is 1. The summed E-state index contributed by atoms with van der Waals surface area (Å²) in [5, 5.41) is 5.27. The van der Waals surface area contributed by atoms with Crippen LogP contribution in [-0.4, -0.2) is 25.0 Å². The molecule has 0 saturated carbocycles. The molecule has 0 aromatic heterocycles. The van der Waals surface area contributed by atoms with Crippen LogP contribution in [0, 0.1) is 5.82 Å². The SMILES string of the molecule is CCOc1ccc([C@@H](C)NC(=O)CNC(=O)c2cccc(F)c2)cc1. The van der Waals surface area contributed by atoms with Gasteiger partial charge < -0.3 is 15.4 Å². The second kappa shape index (κ2) is 8.82. The highest BCUT2D eigenvalue weighted by Crippen LogP contribution is 2.17. The minimum Gasteiger partial charge on any atom is -0.494 e. The maximum Gasteiger partial charge on any atom is 0.251 e. The maximum absolute atomic E-state index is 13.1. The van der Waals surface area contributed by atoms with Crippen molar-refractivity contribution in [2.75, 3.05) is 13.2 Å². The highest BCUT2D eigenvalue weighted by molar-refractivity contribution is 5.96. The average Bonchev–Trinajstić information content (AvgIpc) is 2.60. The number of rotatable bonds is 7. The molecule has 0 aliphatic heterocycles. The molecule has 25 heavy (non-hydrogen) atoms. The van der Waals surface area contributed by atoms with E-state index in [0.29, 0.717) is 6.61 Å². The highest BCUT2D eigenvalue weighted by atomic mass is 19.1. The molecule has 0 fully saturated rings. The van der Waals surface area contributed by atoms with E-state index in [4.69, 9.17) is 4.74 Å². The van der Waals surface area contributed by atoms with Gasteiger partial charge in [-0.1, -0.05) is 18.2 Å². The molecule has 2 rings (SSSR count). The molecule has 0 radical (unpaired) electrons. The lowest BCUT2D eigenvalue weighted by molar-refractivity contribution is -0.120. The van der Waals surface area contributed by atoms with E-state index in [0.717, 1.165) is 17.4 Å². The van der Waals surface area contributed by atoms with Gasteiger partial charge in [0.1, 0.15) is 11.6 Å². The third-order valence-corrected chi connectivity index (χ3v) is 3.56. The third kappa shape index (κ3) is 5.60. The van der Waals surface area contributed by atoms with Crippen LogP contribution in [0.4, 0.5) is 4.39 Å². The van der Waals surface area contributed by atoms with E-state index >= 15 is 0 Å². The van der Waals surface area contributed by atoms with Crippen molar-refractivity contribution in [3.05, 3.63) is 65.5 Å².